The van der Waals surface area contributed by atoms with Crippen LogP contribution in [0.15, 0.2) is 18.2 Å². The van der Waals surface area contributed by atoms with Crippen molar-refractivity contribution in [2.24, 2.45) is 0 Å². The number of hydrogen-bond donors (Lipinski definition) is 1. The van der Waals surface area contributed by atoms with E-state index < -0.39 is 0 Å². The molecule has 2 atom stereocenters. The molecule has 0 spiro atoms. The molecule has 1 aliphatic heterocycles. The molecule has 0 saturated carbocycles. The van der Waals surface area contributed by atoms with Gasteiger partial charge >= 0.3 is 0 Å². The molecule has 1 saturated heterocycles. The first-order valence-corrected chi connectivity index (χ1v) is 7.33. The maximum atomic E-state index is 6.11. The fourth-order valence-electron chi connectivity index (χ4n) is 2.53. The molecule has 4 heteroatoms. The molecular formula is C15H23ClN2O. The van der Waals surface area contributed by atoms with Crippen molar-refractivity contribution in [3.05, 3.63) is 23.2 Å². The number of ether oxygens (including phenoxy) is 1. The van der Waals surface area contributed by atoms with Crippen molar-refractivity contribution in [1.29, 1.82) is 0 Å². The molecule has 1 aromatic carbocycles. The topological polar surface area (TPSA) is 24.5 Å². The highest BCUT2D eigenvalue weighted by Gasteiger charge is 2.22. The predicted octanol–water partition coefficient (Wildman–Crippen LogP) is 3.78. The van der Waals surface area contributed by atoms with Gasteiger partial charge in [-0.25, -0.2) is 0 Å². The summed E-state index contributed by atoms with van der Waals surface area (Å²) in [5.41, 5.74) is 2.28. The van der Waals surface area contributed by atoms with Gasteiger partial charge in [0.1, 0.15) is 0 Å². The van der Waals surface area contributed by atoms with Crippen LogP contribution in [0, 0.1) is 0 Å². The summed E-state index contributed by atoms with van der Waals surface area (Å²) < 4.78 is 5.72. The van der Waals surface area contributed by atoms with Crippen LogP contribution in [0.2, 0.25) is 5.02 Å². The van der Waals surface area contributed by atoms with E-state index in [9.17, 15) is 0 Å². The first-order chi connectivity index (χ1) is 9.10. The van der Waals surface area contributed by atoms with Crippen molar-refractivity contribution < 1.29 is 4.74 Å². The molecule has 0 aliphatic carbocycles. The molecular weight excluding hydrogens is 260 g/mol. The van der Waals surface area contributed by atoms with Crippen molar-refractivity contribution in [3.8, 4) is 0 Å². The second kappa shape index (κ2) is 6.49. The SMILES string of the molecule is CCC1CC(Nc2cc(Cl)ccc2N(C)C)CCO1. The summed E-state index contributed by atoms with van der Waals surface area (Å²) in [6.45, 7) is 3.02. The van der Waals surface area contributed by atoms with Crippen LogP contribution >= 0.6 is 11.6 Å². The van der Waals surface area contributed by atoms with Crippen LogP contribution in [0.5, 0.6) is 0 Å². The van der Waals surface area contributed by atoms with Crippen molar-refractivity contribution in [2.45, 2.75) is 38.3 Å². The van der Waals surface area contributed by atoms with Gasteiger partial charge in [-0.2, -0.15) is 0 Å². The smallest absolute Gasteiger partial charge is 0.0597 e. The van der Waals surface area contributed by atoms with Crippen molar-refractivity contribution >= 4 is 23.0 Å². The minimum atomic E-state index is 0.383. The van der Waals surface area contributed by atoms with Gasteiger partial charge in [0.25, 0.3) is 0 Å². The van der Waals surface area contributed by atoms with E-state index in [1.807, 2.05) is 26.2 Å². The van der Waals surface area contributed by atoms with Crippen LogP contribution < -0.4 is 10.2 Å². The Hall–Kier alpha value is -0.930. The second-order valence-electron chi connectivity index (χ2n) is 5.32. The van der Waals surface area contributed by atoms with E-state index in [1.165, 1.54) is 5.69 Å². The van der Waals surface area contributed by atoms with Gasteiger partial charge in [-0.05, 0) is 37.5 Å². The Morgan fingerprint density at radius 3 is 2.89 bits per heavy atom. The zero-order chi connectivity index (χ0) is 13.8. The van der Waals surface area contributed by atoms with Gasteiger partial charge in [0.05, 0.1) is 17.5 Å². The summed E-state index contributed by atoms with van der Waals surface area (Å²) in [6.07, 6.45) is 3.58. The molecule has 0 aromatic heterocycles. The minimum Gasteiger partial charge on any atom is -0.380 e. The number of nitrogens with zero attached hydrogens (tertiary/aromatic N) is 1. The Morgan fingerprint density at radius 1 is 1.42 bits per heavy atom. The van der Waals surface area contributed by atoms with Crippen LogP contribution in [0.1, 0.15) is 26.2 Å². The van der Waals surface area contributed by atoms with Gasteiger partial charge in [0.2, 0.25) is 0 Å². The van der Waals surface area contributed by atoms with Gasteiger partial charge in [0, 0.05) is 31.8 Å². The highest BCUT2D eigenvalue weighted by Crippen LogP contribution is 2.30. The van der Waals surface area contributed by atoms with E-state index in [0.717, 1.165) is 36.6 Å². The Labute approximate surface area is 120 Å². The van der Waals surface area contributed by atoms with E-state index in [2.05, 4.69) is 23.2 Å². The Morgan fingerprint density at radius 2 is 2.21 bits per heavy atom. The Bertz CT molecular complexity index is 423. The van der Waals surface area contributed by atoms with E-state index in [4.69, 9.17) is 16.3 Å². The maximum absolute atomic E-state index is 6.11. The molecule has 1 N–H and O–H groups in total. The fourth-order valence-corrected chi connectivity index (χ4v) is 2.70. The molecule has 3 nitrogen and oxygen atoms in total. The summed E-state index contributed by atoms with van der Waals surface area (Å²) in [5, 5.41) is 4.40. The highest BCUT2D eigenvalue weighted by molar-refractivity contribution is 6.31. The molecule has 19 heavy (non-hydrogen) atoms. The van der Waals surface area contributed by atoms with Gasteiger partial charge in [-0.3, -0.25) is 0 Å². The lowest BCUT2D eigenvalue weighted by Crippen LogP contribution is -2.34. The van der Waals surface area contributed by atoms with Crippen LogP contribution in [0.4, 0.5) is 11.4 Å². The van der Waals surface area contributed by atoms with Crippen LogP contribution in [-0.2, 0) is 4.74 Å². The summed E-state index contributed by atoms with van der Waals surface area (Å²) in [5.74, 6) is 0. The second-order valence-corrected chi connectivity index (χ2v) is 5.76. The van der Waals surface area contributed by atoms with Crippen LogP contribution in [-0.4, -0.2) is 32.8 Å². The quantitative estimate of drug-likeness (QED) is 0.910. The zero-order valence-electron chi connectivity index (χ0n) is 11.9. The largest absolute Gasteiger partial charge is 0.380 e. The molecule has 0 bridgehead atoms. The monoisotopic (exact) mass is 282 g/mol. The summed E-state index contributed by atoms with van der Waals surface area (Å²) in [6, 6.07) is 6.46. The number of anilines is 2. The molecule has 106 valence electrons. The average molecular weight is 283 g/mol. The molecule has 2 unspecified atom stereocenters. The van der Waals surface area contributed by atoms with Gasteiger partial charge in [-0.1, -0.05) is 18.5 Å². The predicted molar refractivity (Wildman–Crippen MR) is 82.5 cm³/mol. The number of nitrogens with one attached hydrogen (secondary N) is 1. The lowest BCUT2D eigenvalue weighted by molar-refractivity contribution is 0.00926. The lowest BCUT2D eigenvalue weighted by Gasteiger charge is -2.31. The number of halogens is 1. The number of rotatable bonds is 4. The first kappa shape index (κ1) is 14.5. The van der Waals surface area contributed by atoms with Gasteiger partial charge < -0.3 is 15.0 Å². The third-order valence-corrected chi connectivity index (χ3v) is 3.86. The van der Waals surface area contributed by atoms with Crippen molar-refractivity contribution in [3.63, 3.8) is 0 Å². The fraction of sp³-hybridized carbons (Fsp3) is 0.600. The van der Waals surface area contributed by atoms with E-state index in [1.54, 1.807) is 0 Å². The highest BCUT2D eigenvalue weighted by atomic mass is 35.5. The Kier molecular flexibility index (Phi) is 4.94. The number of hydrogen-bond acceptors (Lipinski definition) is 3. The molecule has 1 aromatic rings. The van der Waals surface area contributed by atoms with E-state index >= 15 is 0 Å². The zero-order valence-corrected chi connectivity index (χ0v) is 12.7. The summed E-state index contributed by atoms with van der Waals surface area (Å²) >= 11 is 6.11. The number of benzene rings is 1. The molecule has 0 amide bonds. The van der Waals surface area contributed by atoms with E-state index in [0.29, 0.717) is 12.1 Å². The lowest BCUT2D eigenvalue weighted by atomic mass is 10.0. The van der Waals surface area contributed by atoms with Gasteiger partial charge in [0.15, 0.2) is 0 Å². The maximum Gasteiger partial charge on any atom is 0.0597 e. The standard InChI is InChI=1S/C15H23ClN2O/c1-4-13-10-12(7-8-19-13)17-14-9-11(16)5-6-15(14)18(2)3/h5-6,9,12-13,17H,4,7-8,10H2,1-3H3. The average Bonchev–Trinajstić information content (AvgIpc) is 2.38. The third-order valence-electron chi connectivity index (χ3n) is 3.62. The van der Waals surface area contributed by atoms with E-state index in [-0.39, 0.29) is 0 Å². The van der Waals surface area contributed by atoms with Crippen LogP contribution in [0.3, 0.4) is 0 Å². The molecule has 1 aliphatic rings. The minimum absolute atomic E-state index is 0.383. The Balaban J connectivity index is 2.11. The first-order valence-electron chi connectivity index (χ1n) is 6.95. The molecule has 1 fully saturated rings. The van der Waals surface area contributed by atoms with Crippen molar-refractivity contribution in [2.75, 3.05) is 30.9 Å². The van der Waals surface area contributed by atoms with Crippen molar-refractivity contribution in [1.82, 2.24) is 0 Å². The molecule has 0 radical (unpaired) electrons. The molecule has 2 rings (SSSR count). The summed E-state index contributed by atoms with van der Waals surface area (Å²) in [7, 11) is 4.10. The van der Waals surface area contributed by atoms with Crippen LogP contribution in [0.25, 0.3) is 0 Å². The third kappa shape index (κ3) is 3.77. The molecule has 1 heterocycles. The normalized spacial score (nSPS) is 23.2. The van der Waals surface area contributed by atoms with Gasteiger partial charge in [-0.15, -0.1) is 0 Å². The summed E-state index contributed by atoms with van der Waals surface area (Å²) in [4.78, 5) is 2.11.